The summed E-state index contributed by atoms with van der Waals surface area (Å²) in [6.07, 6.45) is 7.04. The molecule has 4 nitrogen and oxygen atoms in total. The zero-order chi connectivity index (χ0) is 11.5. The molecule has 1 aromatic rings. The van der Waals surface area contributed by atoms with E-state index >= 15 is 0 Å². The van der Waals surface area contributed by atoms with Gasteiger partial charge in [0.15, 0.2) is 5.82 Å². The van der Waals surface area contributed by atoms with Crippen molar-refractivity contribution in [2.75, 3.05) is 5.32 Å². The molecule has 1 fully saturated rings. The summed E-state index contributed by atoms with van der Waals surface area (Å²) in [6.45, 7) is 4.88. The molecular formula is C12H19N3O. The summed E-state index contributed by atoms with van der Waals surface area (Å²) in [6, 6.07) is 0.410. The maximum absolute atomic E-state index is 11.9. The lowest BCUT2D eigenvalue weighted by molar-refractivity contribution is 0.552. The lowest BCUT2D eigenvalue weighted by Gasteiger charge is -2.17. The van der Waals surface area contributed by atoms with Crippen molar-refractivity contribution in [3.05, 3.63) is 22.7 Å². The molecule has 0 saturated heterocycles. The van der Waals surface area contributed by atoms with Crippen molar-refractivity contribution in [3.8, 4) is 0 Å². The fraction of sp³-hybridized carbons (Fsp3) is 0.667. The molecule has 0 bridgehead atoms. The van der Waals surface area contributed by atoms with Gasteiger partial charge in [-0.3, -0.25) is 4.79 Å². The lowest BCUT2D eigenvalue weighted by atomic mass is 10.1. The maximum Gasteiger partial charge on any atom is 0.293 e. The maximum atomic E-state index is 11.9. The van der Waals surface area contributed by atoms with Gasteiger partial charge in [0.1, 0.15) is 0 Å². The minimum Gasteiger partial charge on any atom is -0.362 e. The number of hydrogen-bond acceptors (Lipinski definition) is 3. The summed E-state index contributed by atoms with van der Waals surface area (Å²) < 4.78 is 1.68. The summed E-state index contributed by atoms with van der Waals surface area (Å²) in [7, 11) is 0. The quantitative estimate of drug-likeness (QED) is 0.847. The van der Waals surface area contributed by atoms with E-state index in [4.69, 9.17) is 0 Å². The zero-order valence-corrected chi connectivity index (χ0v) is 9.94. The van der Waals surface area contributed by atoms with Gasteiger partial charge in [0, 0.05) is 25.0 Å². The predicted molar refractivity (Wildman–Crippen MR) is 64.6 cm³/mol. The fourth-order valence-electron chi connectivity index (χ4n) is 2.33. The molecule has 2 rings (SSSR count). The van der Waals surface area contributed by atoms with Crippen LogP contribution < -0.4 is 10.9 Å². The van der Waals surface area contributed by atoms with Crippen molar-refractivity contribution in [1.29, 1.82) is 0 Å². The van der Waals surface area contributed by atoms with Gasteiger partial charge in [-0.1, -0.05) is 13.3 Å². The lowest BCUT2D eigenvalue weighted by Crippen LogP contribution is -2.30. The van der Waals surface area contributed by atoms with Crippen LogP contribution in [0.4, 0.5) is 5.82 Å². The van der Waals surface area contributed by atoms with Crippen LogP contribution in [-0.2, 0) is 6.54 Å². The number of aryl methyl sites for hydroxylation is 1. The van der Waals surface area contributed by atoms with Gasteiger partial charge in [-0.05, 0) is 25.7 Å². The highest BCUT2D eigenvalue weighted by Gasteiger charge is 2.24. The van der Waals surface area contributed by atoms with Crippen molar-refractivity contribution in [3.63, 3.8) is 0 Å². The molecule has 1 heterocycles. The SMILES string of the molecule is CCn1ccnc(NC2CCCC2C)c1=O. The molecule has 1 aliphatic rings. The Kier molecular flexibility index (Phi) is 3.27. The van der Waals surface area contributed by atoms with E-state index in [1.54, 1.807) is 17.0 Å². The minimum absolute atomic E-state index is 0.0101. The van der Waals surface area contributed by atoms with E-state index in [0.717, 1.165) is 6.42 Å². The number of aromatic nitrogens is 2. The van der Waals surface area contributed by atoms with Gasteiger partial charge in [-0.2, -0.15) is 0 Å². The highest BCUT2D eigenvalue weighted by atomic mass is 16.1. The Balaban J connectivity index is 2.18. The standard InChI is InChI=1S/C12H19N3O/c1-3-15-8-7-13-11(12(15)16)14-10-6-4-5-9(10)2/h7-10H,3-6H2,1-2H3,(H,13,14). The Morgan fingerprint density at radius 1 is 1.56 bits per heavy atom. The van der Waals surface area contributed by atoms with Crippen molar-refractivity contribution in [1.82, 2.24) is 9.55 Å². The second kappa shape index (κ2) is 4.68. The van der Waals surface area contributed by atoms with E-state index < -0.39 is 0 Å². The Morgan fingerprint density at radius 2 is 2.38 bits per heavy atom. The molecular weight excluding hydrogens is 202 g/mol. The summed E-state index contributed by atoms with van der Waals surface area (Å²) in [4.78, 5) is 16.1. The van der Waals surface area contributed by atoms with Crippen molar-refractivity contribution in [2.24, 2.45) is 5.92 Å². The Hall–Kier alpha value is -1.32. The van der Waals surface area contributed by atoms with Gasteiger partial charge < -0.3 is 9.88 Å². The van der Waals surface area contributed by atoms with Gasteiger partial charge in [0.25, 0.3) is 5.56 Å². The molecule has 88 valence electrons. The molecule has 1 aromatic heterocycles. The summed E-state index contributed by atoms with van der Waals surface area (Å²) in [5, 5.41) is 3.29. The molecule has 0 radical (unpaired) electrons. The highest BCUT2D eigenvalue weighted by Crippen LogP contribution is 2.26. The fourth-order valence-corrected chi connectivity index (χ4v) is 2.33. The molecule has 2 unspecified atom stereocenters. The first-order chi connectivity index (χ1) is 7.72. The van der Waals surface area contributed by atoms with Gasteiger partial charge in [-0.25, -0.2) is 4.98 Å². The molecule has 4 heteroatoms. The van der Waals surface area contributed by atoms with Crippen LogP contribution in [0.15, 0.2) is 17.2 Å². The van der Waals surface area contributed by atoms with E-state index in [2.05, 4.69) is 17.2 Å². The monoisotopic (exact) mass is 221 g/mol. The molecule has 0 spiro atoms. The van der Waals surface area contributed by atoms with Crippen molar-refractivity contribution in [2.45, 2.75) is 45.7 Å². The van der Waals surface area contributed by atoms with E-state index in [-0.39, 0.29) is 5.56 Å². The molecule has 0 aliphatic heterocycles. The van der Waals surface area contributed by atoms with Crippen LogP contribution >= 0.6 is 0 Å². The van der Waals surface area contributed by atoms with Crippen LogP contribution in [0.1, 0.15) is 33.1 Å². The number of hydrogen-bond donors (Lipinski definition) is 1. The van der Waals surface area contributed by atoms with E-state index in [1.165, 1.54) is 12.8 Å². The predicted octanol–water partition coefficient (Wildman–Crippen LogP) is 1.86. The number of rotatable bonds is 3. The Bertz CT molecular complexity index is 413. The molecule has 1 N–H and O–H groups in total. The van der Waals surface area contributed by atoms with Crippen LogP contribution in [0.2, 0.25) is 0 Å². The minimum atomic E-state index is -0.0101. The van der Waals surface area contributed by atoms with Crippen LogP contribution in [0.3, 0.4) is 0 Å². The first-order valence-corrected chi connectivity index (χ1v) is 6.04. The molecule has 1 saturated carbocycles. The summed E-state index contributed by atoms with van der Waals surface area (Å²) in [5.74, 6) is 1.14. The van der Waals surface area contributed by atoms with E-state index in [1.807, 2.05) is 6.92 Å². The van der Waals surface area contributed by atoms with E-state index in [9.17, 15) is 4.79 Å². The number of nitrogens with one attached hydrogen (secondary N) is 1. The third-order valence-electron chi connectivity index (χ3n) is 3.44. The first kappa shape index (κ1) is 11.2. The summed E-state index contributed by atoms with van der Waals surface area (Å²) >= 11 is 0. The van der Waals surface area contributed by atoms with Crippen LogP contribution in [0.5, 0.6) is 0 Å². The Morgan fingerprint density at radius 3 is 3.00 bits per heavy atom. The topological polar surface area (TPSA) is 46.9 Å². The molecule has 2 atom stereocenters. The highest BCUT2D eigenvalue weighted by molar-refractivity contribution is 5.32. The third kappa shape index (κ3) is 2.10. The molecule has 0 amide bonds. The van der Waals surface area contributed by atoms with Crippen molar-refractivity contribution >= 4 is 5.82 Å². The molecule has 16 heavy (non-hydrogen) atoms. The largest absolute Gasteiger partial charge is 0.362 e. The second-order valence-electron chi connectivity index (χ2n) is 4.53. The second-order valence-corrected chi connectivity index (χ2v) is 4.53. The Labute approximate surface area is 95.7 Å². The molecule has 1 aliphatic carbocycles. The van der Waals surface area contributed by atoms with Gasteiger partial charge in [0.2, 0.25) is 0 Å². The van der Waals surface area contributed by atoms with Gasteiger partial charge in [0.05, 0.1) is 0 Å². The summed E-state index contributed by atoms with van der Waals surface area (Å²) in [5.41, 5.74) is -0.0101. The van der Waals surface area contributed by atoms with Gasteiger partial charge in [-0.15, -0.1) is 0 Å². The number of nitrogens with zero attached hydrogens (tertiary/aromatic N) is 2. The smallest absolute Gasteiger partial charge is 0.293 e. The van der Waals surface area contributed by atoms with Crippen LogP contribution in [0.25, 0.3) is 0 Å². The van der Waals surface area contributed by atoms with Crippen LogP contribution in [-0.4, -0.2) is 15.6 Å². The first-order valence-electron chi connectivity index (χ1n) is 6.04. The zero-order valence-electron chi connectivity index (χ0n) is 9.94. The van der Waals surface area contributed by atoms with Gasteiger partial charge >= 0.3 is 0 Å². The van der Waals surface area contributed by atoms with E-state index in [0.29, 0.717) is 24.3 Å². The van der Waals surface area contributed by atoms with Crippen molar-refractivity contribution < 1.29 is 0 Å². The van der Waals surface area contributed by atoms with Crippen LogP contribution in [0, 0.1) is 5.92 Å². The third-order valence-corrected chi connectivity index (χ3v) is 3.44. The normalized spacial score (nSPS) is 24.6. The average Bonchev–Trinajstić information content (AvgIpc) is 2.68. The molecule has 0 aromatic carbocycles. The number of anilines is 1. The average molecular weight is 221 g/mol.